The summed E-state index contributed by atoms with van der Waals surface area (Å²) in [5.74, 6) is 1.13. The molecule has 110 valence electrons. The first kappa shape index (κ1) is 15.2. The van der Waals surface area contributed by atoms with Crippen molar-refractivity contribution in [1.82, 2.24) is 9.97 Å². The summed E-state index contributed by atoms with van der Waals surface area (Å²) < 4.78 is 0. The summed E-state index contributed by atoms with van der Waals surface area (Å²) in [7, 11) is 0. The predicted molar refractivity (Wildman–Crippen MR) is 80.6 cm³/mol. The van der Waals surface area contributed by atoms with Gasteiger partial charge in [0.2, 0.25) is 5.91 Å². The Morgan fingerprint density at radius 3 is 2.35 bits per heavy atom. The van der Waals surface area contributed by atoms with Crippen LogP contribution in [0, 0.1) is 17.3 Å². The highest BCUT2D eigenvalue weighted by atomic mass is 35.5. The first-order valence-corrected chi connectivity index (χ1v) is 7.53. The Morgan fingerprint density at radius 1 is 1.20 bits per heavy atom. The zero-order valence-electron chi connectivity index (χ0n) is 12.3. The van der Waals surface area contributed by atoms with Gasteiger partial charge in [-0.1, -0.05) is 32.4 Å². The van der Waals surface area contributed by atoms with Gasteiger partial charge in [-0.2, -0.15) is 0 Å². The Kier molecular flexibility index (Phi) is 4.63. The average molecular weight is 296 g/mol. The van der Waals surface area contributed by atoms with E-state index in [1.807, 2.05) is 0 Å². The van der Waals surface area contributed by atoms with E-state index in [4.69, 9.17) is 11.6 Å². The van der Waals surface area contributed by atoms with Crippen LogP contribution in [0.25, 0.3) is 0 Å². The average Bonchev–Trinajstić information content (AvgIpc) is 2.40. The standard InChI is InChI=1S/C15H22ClN3O/c1-15(2,3)11-6-4-10(5-7-11)14(20)19-13-12(16)17-8-9-18-13/h8-11H,4-7H2,1-3H3,(H,18,19,20). The van der Waals surface area contributed by atoms with E-state index in [0.717, 1.165) is 25.7 Å². The summed E-state index contributed by atoms with van der Waals surface area (Å²) in [5, 5.41) is 3.03. The summed E-state index contributed by atoms with van der Waals surface area (Å²) in [5.41, 5.74) is 0.329. The Bertz CT molecular complexity index is 476. The third-order valence-corrected chi connectivity index (χ3v) is 4.49. The number of hydrogen-bond donors (Lipinski definition) is 1. The van der Waals surface area contributed by atoms with E-state index < -0.39 is 0 Å². The molecule has 1 aliphatic rings. The molecule has 1 aliphatic carbocycles. The van der Waals surface area contributed by atoms with Gasteiger partial charge in [-0.25, -0.2) is 9.97 Å². The quantitative estimate of drug-likeness (QED) is 0.899. The van der Waals surface area contributed by atoms with Crippen molar-refractivity contribution in [2.24, 2.45) is 17.3 Å². The lowest BCUT2D eigenvalue weighted by Crippen LogP contribution is -2.31. The van der Waals surface area contributed by atoms with E-state index in [2.05, 4.69) is 36.1 Å². The van der Waals surface area contributed by atoms with Gasteiger partial charge in [0.15, 0.2) is 11.0 Å². The van der Waals surface area contributed by atoms with Gasteiger partial charge in [0, 0.05) is 18.3 Å². The molecule has 0 aromatic carbocycles. The van der Waals surface area contributed by atoms with Crippen molar-refractivity contribution >= 4 is 23.3 Å². The number of carbonyl (C=O) groups is 1. The van der Waals surface area contributed by atoms with Gasteiger partial charge >= 0.3 is 0 Å². The molecule has 0 unspecified atom stereocenters. The summed E-state index contributed by atoms with van der Waals surface area (Å²) in [6.45, 7) is 6.83. The predicted octanol–water partition coefficient (Wildman–Crippen LogP) is 3.92. The molecule has 1 heterocycles. The number of nitrogens with zero attached hydrogens (tertiary/aromatic N) is 2. The number of rotatable bonds is 2. The first-order chi connectivity index (χ1) is 9.38. The van der Waals surface area contributed by atoms with Crippen LogP contribution in [0.4, 0.5) is 5.82 Å². The largest absolute Gasteiger partial charge is 0.308 e. The van der Waals surface area contributed by atoms with Crippen molar-refractivity contribution in [1.29, 1.82) is 0 Å². The molecule has 2 rings (SSSR count). The lowest BCUT2D eigenvalue weighted by Gasteiger charge is -2.36. The summed E-state index contributed by atoms with van der Waals surface area (Å²) >= 11 is 5.90. The highest BCUT2D eigenvalue weighted by molar-refractivity contribution is 6.32. The smallest absolute Gasteiger partial charge is 0.228 e. The van der Waals surface area contributed by atoms with Crippen molar-refractivity contribution < 1.29 is 4.79 Å². The topological polar surface area (TPSA) is 54.9 Å². The molecule has 1 N–H and O–H groups in total. The molecular formula is C15H22ClN3O. The molecular weight excluding hydrogens is 274 g/mol. The van der Waals surface area contributed by atoms with Crippen LogP contribution in [0.15, 0.2) is 12.4 Å². The van der Waals surface area contributed by atoms with Gasteiger partial charge in [-0.3, -0.25) is 4.79 Å². The van der Waals surface area contributed by atoms with Crippen molar-refractivity contribution in [3.05, 3.63) is 17.5 Å². The molecule has 0 aliphatic heterocycles. The zero-order valence-corrected chi connectivity index (χ0v) is 13.1. The number of nitrogens with one attached hydrogen (secondary N) is 1. The molecule has 0 bridgehead atoms. The van der Waals surface area contributed by atoms with Gasteiger partial charge in [0.05, 0.1) is 0 Å². The van der Waals surface area contributed by atoms with Crippen LogP contribution in [-0.4, -0.2) is 15.9 Å². The Balaban J connectivity index is 1.91. The van der Waals surface area contributed by atoms with Gasteiger partial charge in [0.25, 0.3) is 0 Å². The molecule has 4 nitrogen and oxygen atoms in total. The SMILES string of the molecule is CC(C)(C)C1CCC(C(=O)Nc2nccnc2Cl)CC1. The summed E-state index contributed by atoms with van der Waals surface area (Å²) in [6.07, 6.45) is 7.12. The molecule has 0 spiro atoms. The monoisotopic (exact) mass is 295 g/mol. The number of aromatic nitrogens is 2. The lowest BCUT2D eigenvalue weighted by atomic mass is 9.70. The minimum atomic E-state index is 0.0137. The van der Waals surface area contributed by atoms with Crippen molar-refractivity contribution in [2.45, 2.75) is 46.5 Å². The van der Waals surface area contributed by atoms with Crippen LogP contribution in [0.1, 0.15) is 46.5 Å². The van der Waals surface area contributed by atoms with E-state index >= 15 is 0 Å². The summed E-state index contributed by atoms with van der Waals surface area (Å²) in [6, 6.07) is 0. The van der Waals surface area contributed by atoms with Crippen molar-refractivity contribution in [2.75, 3.05) is 5.32 Å². The van der Waals surface area contributed by atoms with Crippen molar-refractivity contribution in [3.63, 3.8) is 0 Å². The third kappa shape index (κ3) is 3.69. The van der Waals surface area contributed by atoms with Crippen molar-refractivity contribution in [3.8, 4) is 0 Å². The van der Waals surface area contributed by atoms with Crippen LogP contribution in [0.3, 0.4) is 0 Å². The molecule has 1 aromatic heterocycles. The molecule has 20 heavy (non-hydrogen) atoms. The van der Waals surface area contributed by atoms with Crippen LogP contribution >= 0.6 is 11.6 Å². The van der Waals surface area contributed by atoms with E-state index in [9.17, 15) is 4.79 Å². The molecule has 0 atom stereocenters. The molecule has 1 aromatic rings. The minimum absolute atomic E-state index is 0.0137. The Morgan fingerprint density at radius 2 is 1.80 bits per heavy atom. The Hall–Kier alpha value is -1.16. The van der Waals surface area contributed by atoms with Gasteiger partial charge in [0.1, 0.15) is 0 Å². The maximum Gasteiger partial charge on any atom is 0.228 e. The molecule has 1 saturated carbocycles. The maximum atomic E-state index is 12.2. The molecule has 0 saturated heterocycles. The van der Waals surface area contributed by atoms with Gasteiger partial charge < -0.3 is 5.32 Å². The second kappa shape index (κ2) is 6.08. The van der Waals surface area contributed by atoms with Gasteiger partial charge in [-0.05, 0) is 37.0 Å². The van der Waals surface area contributed by atoms with Crippen LogP contribution < -0.4 is 5.32 Å². The molecule has 0 radical (unpaired) electrons. The number of amides is 1. The fraction of sp³-hybridized carbons (Fsp3) is 0.667. The maximum absolute atomic E-state index is 12.2. The van der Waals surface area contributed by atoms with E-state index in [-0.39, 0.29) is 17.0 Å². The van der Waals surface area contributed by atoms with E-state index in [1.54, 1.807) is 0 Å². The van der Waals surface area contributed by atoms with E-state index in [1.165, 1.54) is 12.4 Å². The number of halogens is 1. The highest BCUT2D eigenvalue weighted by Gasteiger charge is 2.32. The molecule has 1 amide bonds. The lowest BCUT2D eigenvalue weighted by molar-refractivity contribution is -0.121. The number of carbonyl (C=O) groups excluding carboxylic acids is 1. The molecule has 5 heteroatoms. The second-order valence-corrected chi connectivity index (χ2v) is 6.96. The number of anilines is 1. The first-order valence-electron chi connectivity index (χ1n) is 7.15. The fourth-order valence-electron chi connectivity index (χ4n) is 2.85. The van der Waals surface area contributed by atoms with E-state index in [0.29, 0.717) is 17.2 Å². The Labute approximate surface area is 125 Å². The zero-order chi connectivity index (χ0) is 14.8. The minimum Gasteiger partial charge on any atom is -0.308 e. The van der Waals surface area contributed by atoms with Crippen LogP contribution in [0.2, 0.25) is 5.15 Å². The number of hydrogen-bond acceptors (Lipinski definition) is 3. The summed E-state index contributed by atoms with van der Waals surface area (Å²) in [4.78, 5) is 20.2. The van der Waals surface area contributed by atoms with Crippen LogP contribution in [0.5, 0.6) is 0 Å². The highest BCUT2D eigenvalue weighted by Crippen LogP contribution is 2.40. The second-order valence-electron chi connectivity index (χ2n) is 6.60. The van der Waals surface area contributed by atoms with Gasteiger partial charge in [-0.15, -0.1) is 0 Å². The normalized spacial score (nSPS) is 23.4. The van der Waals surface area contributed by atoms with Crippen LogP contribution in [-0.2, 0) is 4.79 Å². The third-order valence-electron chi connectivity index (χ3n) is 4.22. The molecule has 1 fully saturated rings. The fourth-order valence-corrected chi connectivity index (χ4v) is 3.00.